The molecule has 0 saturated carbocycles. The number of nitrogens with one attached hydrogen (secondary N) is 1. The van der Waals surface area contributed by atoms with E-state index in [1.807, 2.05) is 6.07 Å². The van der Waals surface area contributed by atoms with E-state index in [1.54, 1.807) is 11.3 Å². The normalized spacial score (nSPS) is 10.4. The van der Waals surface area contributed by atoms with Crippen molar-refractivity contribution in [3.05, 3.63) is 44.7 Å². The van der Waals surface area contributed by atoms with Gasteiger partial charge in [0.25, 0.3) is 5.91 Å². The summed E-state index contributed by atoms with van der Waals surface area (Å²) in [4.78, 5) is 18.2. The molecule has 0 aromatic carbocycles. The Balaban J connectivity index is 2.03. The Morgan fingerprint density at radius 1 is 1.47 bits per heavy atom. The summed E-state index contributed by atoms with van der Waals surface area (Å²) >= 11 is 7.62. The van der Waals surface area contributed by atoms with E-state index in [9.17, 15) is 4.79 Å². The van der Waals surface area contributed by atoms with Gasteiger partial charge in [0.1, 0.15) is 5.82 Å². The molecule has 0 aliphatic heterocycles. The van der Waals surface area contributed by atoms with Crippen LogP contribution in [0.5, 0.6) is 0 Å². The predicted molar refractivity (Wildman–Crippen MR) is 78.5 cm³/mol. The van der Waals surface area contributed by atoms with Gasteiger partial charge in [0.05, 0.1) is 17.1 Å². The van der Waals surface area contributed by atoms with E-state index >= 15 is 0 Å². The van der Waals surface area contributed by atoms with Crippen molar-refractivity contribution in [2.45, 2.75) is 19.9 Å². The van der Waals surface area contributed by atoms with E-state index in [0.717, 1.165) is 11.3 Å². The zero-order valence-corrected chi connectivity index (χ0v) is 12.0. The highest BCUT2D eigenvalue weighted by molar-refractivity contribution is 7.11. The standard InChI is InChI=1S/C13H14ClN3OS/c1-2-8-3-4-9(19-8)6-17-13(18)10-5-12(15)16-7-11(10)14/h3-5,7H,2,6H2,1H3,(H2,15,16)(H,17,18). The Bertz CT molecular complexity index is 597. The van der Waals surface area contributed by atoms with Gasteiger partial charge in [-0.3, -0.25) is 4.79 Å². The maximum absolute atomic E-state index is 12.0. The summed E-state index contributed by atoms with van der Waals surface area (Å²) in [7, 11) is 0. The van der Waals surface area contributed by atoms with Crippen molar-refractivity contribution in [3.8, 4) is 0 Å². The lowest BCUT2D eigenvalue weighted by molar-refractivity contribution is 0.0951. The van der Waals surface area contributed by atoms with E-state index in [1.165, 1.54) is 17.1 Å². The van der Waals surface area contributed by atoms with Gasteiger partial charge in [0.2, 0.25) is 0 Å². The molecule has 1 amide bonds. The molecule has 2 aromatic heterocycles. The lowest BCUT2D eigenvalue weighted by atomic mass is 10.2. The van der Waals surface area contributed by atoms with E-state index < -0.39 is 0 Å². The quantitative estimate of drug-likeness (QED) is 0.911. The zero-order chi connectivity index (χ0) is 13.8. The number of pyridine rings is 1. The average Bonchev–Trinajstić information content (AvgIpc) is 2.87. The largest absolute Gasteiger partial charge is 0.384 e. The van der Waals surface area contributed by atoms with Crippen LogP contribution in [0.2, 0.25) is 5.02 Å². The average molecular weight is 296 g/mol. The number of thiophene rings is 1. The number of hydrogen-bond donors (Lipinski definition) is 2. The molecule has 0 radical (unpaired) electrons. The van der Waals surface area contributed by atoms with Crippen LogP contribution in [0.3, 0.4) is 0 Å². The van der Waals surface area contributed by atoms with Gasteiger partial charge in [0, 0.05) is 16.0 Å². The molecule has 2 rings (SSSR count). The lowest BCUT2D eigenvalue weighted by Crippen LogP contribution is -2.23. The Kier molecular flexibility index (Phi) is 4.39. The van der Waals surface area contributed by atoms with Gasteiger partial charge in [-0.15, -0.1) is 11.3 Å². The van der Waals surface area contributed by atoms with Crippen molar-refractivity contribution in [2.75, 3.05) is 5.73 Å². The summed E-state index contributed by atoms with van der Waals surface area (Å²) in [5.41, 5.74) is 5.89. The second kappa shape index (κ2) is 6.04. The molecule has 4 nitrogen and oxygen atoms in total. The van der Waals surface area contributed by atoms with Gasteiger partial charge < -0.3 is 11.1 Å². The van der Waals surface area contributed by atoms with Crippen LogP contribution in [0.1, 0.15) is 27.0 Å². The van der Waals surface area contributed by atoms with Gasteiger partial charge in [-0.1, -0.05) is 18.5 Å². The molecule has 0 fully saturated rings. The number of carbonyl (C=O) groups excluding carboxylic acids is 1. The first-order valence-electron chi connectivity index (χ1n) is 5.87. The molecule has 0 saturated heterocycles. The number of nitrogens with two attached hydrogens (primary N) is 1. The molecule has 2 heterocycles. The van der Waals surface area contributed by atoms with Crippen molar-refractivity contribution >= 4 is 34.7 Å². The Hall–Kier alpha value is -1.59. The van der Waals surface area contributed by atoms with Crippen molar-refractivity contribution in [3.63, 3.8) is 0 Å². The number of aromatic nitrogens is 1. The first-order chi connectivity index (χ1) is 9.10. The summed E-state index contributed by atoms with van der Waals surface area (Å²) in [6.07, 6.45) is 2.39. The molecule has 100 valence electrons. The summed E-state index contributed by atoms with van der Waals surface area (Å²) < 4.78 is 0. The molecule has 0 unspecified atom stereocenters. The van der Waals surface area contributed by atoms with Gasteiger partial charge in [-0.2, -0.15) is 0 Å². The van der Waals surface area contributed by atoms with Crippen LogP contribution in [-0.2, 0) is 13.0 Å². The first-order valence-corrected chi connectivity index (χ1v) is 7.06. The third-order valence-corrected chi connectivity index (χ3v) is 4.14. The van der Waals surface area contributed by atoms with Crippen LogP contribution in [0, 0.1) is 0 Å². The second-order valence-corrected chi connectivity index (χ2v) is 5.65. The third-order valence-electron chi connectivity index (χ3n) is 2.61. The number of nitrogens with zero attached hydrogens (tertiary/aromatic N) is 1. The summed E-state index contributed by atoms with van der Waals surface area (Å²) in [5, 5.41) is 3.12. The topological polar surface area (TPSA) is 68.0 Å². The second-order valence-electron chi connectivity index (χ2n) is 3.99. The lowest BCUT2D eigenvalue weighted by Gasteiger charge is -2.06. The SMILES string of the molecule is CCc1ccc(CNC(=O)c2cc(N)ncc2Cl)s1. The number of anilines is 1. The Morgan fingerprint density at radius 2 is 2.21 bits per heavy atom. The highest BCUT2D eigenvalue weighted by Gasteiger charge is 2.11. The number of carbonyl (C=O) groups is 1. The van der Waals surface area contributed by atoms with Gasteiger partial charge in [-0.25, -0.2) is 4.98 Å². The summed E-state index contributed by atoms with van der Waals surface area (Å²) in [6, 6.07) is 5.57. The van der Waals surface area contributed by atoms with Crippen molar-refractivity contribution in [1.29, 1.82) is 0 Å². The first kappa shape index (κ1) is 13.8. The van der Waals surface area contributed by atoms with Gasteiger partial charge in [-0.05, 0) is 24.6 Å². The van der Waals surface area contributed by atoms with Crippen molar-refractivity contribution in [2.24, 2.45) is 0 Å². The molecule has 0 spiro atoms. The minimum atomic E-state index is -0.245. The predicted octanol–water partition coefficient (Wildman–Crippen LogP) is 2.87. The van der Waals surface area contributed by atoms with Gasteiger partial charge >= 0.3 is 0 Å². The number of aryl methyl sites for hydroxylation is 1. The molecular weight excluding hydrogens is 282 g/mol. The molecule has 2 aromatic rings. The van der Waals surface area contributed by atoms with E-state index in [0.29, 0.717) is 17.1 Å². The molecule has 0 bridgehead atoms. The Morgan fingerprint density at radius 3 is 2.89 bits per heavy atom. The fraction of sp³-hybridized carbons (Fsp3) is 0.231. The maximum atomic E-state index is 12.0. The summed E-state index contributed by atoms with van der Waals surface area (Å²) in [5.74, 6) is 0.0319. The van der Waals surface area contributed by atoms with Crippen LogP contribution < -0.4 is 11.1 Å². The molecule has 3 N–H and O–H groups in total. The number of halogens is 1. The van der Waals surface area contributed by atoms with Gasteiger partial charge in [0.15, 0.2) is 0 Å². The van der Waals surface area contributed by atoms with E-state index in [4.69, 9.17) is 17.3 Å². The smallest absolute Gasteiger partial charge is 0.253 e. The number of nitrogen functional groups attached to an aromatic ring is 1. The fourth-order valence-corrected chi connectivity index (χ4v) is 2.69. The van der Waals surface area contributed by atoms with Crippen molar-refractivity contribution in [1.82, 2.24) is 10.3 Å². The monoisotopic (exact) mass is 295 g/mol. The molecule has 19 heavy (non-hydrogen) atoms. The molecule has 0 atom stereocenters. The molecular formula is C13H14ClN3OS. The zero-order valence-electron chi connectivity index (χ0n) is 10.4. The van der Waals surface area contributed by atoms with E-state index in [2.05, 4.69) is 23.3 Å². The number of amides is 1. The van der Waals surface area contributed by atoms with Crippen LogP contribution >= 0.6 is 22.9 Å². The minimum Gasteiger partial charge on any atom is -0.384 e. The van der Waals surface area contributed by atoms with Crippen LogP contribution in [0.15, 0.2) is 24.4 Å². The Labute approximate surface area is 120 Å². The highest BCUT2D eigenvalue weighted by atomic mass is 35.5. The third kappa shape index (κ3) is 3.45. The molecule has 6 heteroatoms. The number of rotatable bonds is 4. The summed E-state index contributed by atoms with van der Waals surface area (Å²) in [6.45, 7) is 2.59. The van der Waals surface area contributed by atoms with Crippen LogP contribution in [0.25, 0.3) is 0 Å². The van der Waals surface area contributed by atoms with E-state index in [-0.39, 0.29) is 11.7 Å². The number of hydrogen-bond acceptors (Lipinski definition) is 4. The highest BCUT2D eigenvalue weighted by Crippen LogP contribution is 2.18. The molecule has 0 aliphatic rings. The maximum Gasteiger partial charge on any atom is 0.253 e. The van der Waals surface area contributed by atoms with Crippen LogP contribution in [-0.4, -0.2) is 10.9 Å². The molecule has 0 aliphatic carbocycles. The minimum absolute atomic E-state index is 0.245. The fourth-order valence-electron chi connectivity index (χ4n) is 1.60. The van der Waals surface area contributed by atoms with Crippen molar-refractivity contribution < 1.29 is 4.79 Å². The van der Waals surface area contributed by atoms with Crippen LogP contribution in [0.4, 0.5) is 5.82 Å².